The molecule has 0 fully saturated rings. The van der Waals surface area contributed by atoms with Crippen molar-refractivity contribution in [1.82, 2.24) is 5.43 Å². The number of methoxy groups -OCH3 is 1. The van der Waals surface area contributed by atoms with Gasteiger partial charge in [-0.3, -0.25) is 11.3 Å². The molecule has 0 aliphatic heterocycles. The number of hydrogen-bond donors (Lipinski definition) is 2. The highest BCUT2D eigenvalue weighted by Crippen LogP contribution is 2.15. The maximum atomic E-state index is 5.34. The van der Waals surface area contributed by atoms with Crippen molar-refractivity contribution >= 4 is 0 Å². The molecule has 11 heavy (non-hydrogen) atoms. The molecule has 3 nitrogen and oxygen atoms in total. The van der Waals surface area contributed by atoms with Gasteiger partial charge in [-0.05, 0) is 20.3 Å². The van der Waals surface area contributed by atoms with Crippen LogP contribution < -0.4 is 11.3 Å². The van der Waals surface area contributed by atoms with E-state index in [2.05, 4.69) is 12.0 Å². The number of ether oxygens (including phenoxy) is 1. The first-order chi connectivity index (χ1) is 5.08. The third kappa shape index (κ3) is 3.01. The lowest BCUT2D eigenvalue weighted by molar-refractivity contribution is -0.00930. The highest BCUT2D eigenvalue weighted by Gasteiger charge is 2.26. The van der Waals surface area contributed by atoms with Gasteiger partial charge in [0.15, 0.2) is 0 Å². The Balaban J connectivity index is 4.10. The van der Waals surface area contributed by atoms with Crippen molar-refractivity contribution in [2.24, 2.45) is 5.84 Å². The Morgan fingerprint density at radius 3 is 2.55 bits per heavy atom. The van der Waals surface area contributed by atoms with Crippen molar-refractivity contribution in [3.8, 4) is 0 Å². The fourth-order valence-corrected chi connectivity index (χ4v) is 0.861. The lowest BCUT2D eigenvalue weighted by atomic mass is 9.96. The summed E-state index contributed by atoms with van der Waals surface area (Å²) in [7, 11) is 1.67. The van der Waals surface area contributed by atoms with E-state index in [-0.39, 0.29) is 11.6 Å². The second-order valence-corrected chi connectivity index (χ2v) is 3.05. The van der Waals surface area contributed by atoms with Crippen molar-refractivity contribution in [1.29, 1.82) is 0 Å². The SMILES string of the molecule is C=CCC(NN)C(C)(C)OC. The third-order valence-corrected chi connectivity index (χ3v) is 1.97. The zero-order chi connectivity index (χ0) is 8.91. The van der Waals surface area contributed by atoms with Gasteiger partial charge in [0.2, 0.25) is 0 Å². The van der Waals surface area contributed by atoms with E-state index < -0.39 is 0 Å². The Morgan fingerprint density at radius 1 is 1.73 bits per heavy atom. The van der Waals surface area contributed by atoms with Crippen LogP contribution in [-0.2, 0) is 4.74 Å². The van der Waals surface area contributed by atoms with E-state index in [0.29, 0.717) is 0 Å². The van der Waals surface area contributed by atoms with Crippen molar-refractivity contribution in [2.75, 3.05) is 7.11 Å². The first-order valence-corrected chi connectivity index (χ1v) is 3.70. The van der Waals surface area contributed by atoms with Gasteiger partial charge in [-0.15, -0.1) is 6.58 Å². The molecule has 3 heteroatoms. The van der Waals surface area contributed by atoms with E-state index in [1.54, 1.807) is 7.11 Å². The van der Waals surface area contributed by atoms with Crippen LogP contribution in [0.5, 0.6) is 0 Å². The topological polar surface area (TPSA) is 47.3 Å². The lowest BCUT2D eigenvalue weighted by Crippen LogP contribution is -2.50. The third-order valence-electron chi connectivity index (χ3n) is 1.97. The summed E-state index contributed by atoms with van der Waals surface area (Å²) in [6.07, 6.45) is 2.63. The number of hydrazine groups is 1. The molecule has 0 radical (unpaired) electrons. The van der Waals surface area contributed by atoms with Crippen molar-refractivity contribution in [3.05, 3.63) is 12.7 Å². The molecule has 0 aliphatic carbocycles. The zero-order valence-electron chi connectivity index (χ0n) is 7.55. The van der Waals surface area contributed by atoms with Crippen LogP contribution >= 0.6 is 0 Å². The van der Waals surface area contributed by atoms with Crippen LogP contribution in [0.4, 0.5) is 0 Å². The lowest BCUT2D eigenvalue weighted by Gasteiger charge is -2.31. The first-order valence-electron chi connectivity index (χ1n) is 3.70. The van der Waals surface area contributed by atoms with Gasteiger partial charge in [0.1, 0.15) is 0 Å². The summed E-state index contributed by atoms with van der Waals surface area (Å²) in [5, 5.41) is 0. The van der Waals surface area contributed by atoms with Gasteiger partial charge in [0, 0.05) is 7.11 Å². The Hall–Kier alpha value is -0.380. The summed E-state index contributed by atoms with van der Waals surface area (Å²) in [6.45, 7) is 7.62. The summed E-state index contributed by atoms with van der Waals surface area (Å²) in [5.41, 5.74) is 2.45. The standard InChI is InChI=1S/C8H18N2O/c1-5-6-7(10-9)8(2,3)11-4/h5,7,10H,1,6,9H2,2-4H3. The molecule has 3 N–H and O–H groups in total. The Morgan fingerprint density at radius 2 is 2.27 bits per heavy atom. The second kappa shape index (κ2) is 4.49. The highest BCUT2D eigenvalue weighted by molar-refractivity contribution is 4.89. The van der Waals surface area contributed by atoms with E-state index >= 15 is 0 Å². The maximum absolute atomic E-state index is 5.34. The predicted molar refractivity (Wildman–Crippen MR) is 47.0 cm³/mol. The number of hydrogen-bond acceptors (Lipinski definition) is 3. The molecule has 0 heterocycles. The number of nitrogens with one attached hydrogen (secondary N) is 1. The quantitative estimate of drug-likeness (QED) is 0.354. The van der Waals surface area contributed by atoms with Crippen LogP contribution in [0.3, 0.4) is 0 Å². The fourth-order valence-electron chi connectivity index (χ4n) is 0.861. The monoisotopic (exact) mass is 158 g/mol. The second-order valence-electron chi connectivity index (χ2n) is 3.05. The summed E-state index contributed by atoms with van der Waals surface area (Å²) in [5.74, 6) is 5.34. The van der Waals surface area contributed by atoms with Gasteiger partial charge in [-0.1, -0.05) is 6.08 Å². The molecule has 0 aliphatic rings. The van der Waals surface area contributed by atoms with E-state index in [1.165, 1.54) is 0 Å². The normalized spacial score (nSPS) is 14.5. The average molecular weight is 158 g/mol. The van der Waals surface area contributed by atoms with E-state index in [1.807, 2.05) is 19.9 Å². The highest BCUT2D eigenvalue weighted by atomic mass is 16.5. The fraction of sp³-hybridized carbons (Fsp3) is 0.750. The number of nitrogens with two attached hydrogens (primary N) is 1. The van der Waals surface area contributed by atoms with Crippen LogP contribution in [0.15, 0.2) is 12.7 Å². The maximum Gasteiger partial charge on any atom is 0.0791 e. The molecule has 0 aromatic heterocycles. The Labute approximate surface area is 68.6 Å². The summed E-state index contributed by atoms with van der Waals surface area (Å²) < 4.78 is 5.25. The minimum absolute atomic E-state index is 0.116. The molecule has 0 aromatic carbocycles. The van der Waals surface area contributed by atoms with Crippen LogP contribution in [0, 0.1) is 0 Å². The van der Waals surface area contributed by atoms with E-state index in [0.717, 1.165) is 6.42 Å². The number of rotatable bonds is 5. The van der Waals surface area contributed by atoms with Gasteiger partial charge >= 0.3 is 0 Å². The van der Waals surface area contributed by atoms with Gasteiger partial charge < -0.3 is 4.74 Å². The molecule has 0 spiro atoms. The minimum Gasteiger partial charge on any atom is -0.377 e. The summed E-state index contributed by atoms with van der Waals surface area (Å²) in [6, 6.07) is 0.116. The molecule has 0 aromatic rings. The molecule has 0 rings (SSSR count). The Bertz CT molecular complexity index is 123. The minimum atomic E-state index is -0.247. The van der Waals surface area contributed by atoms with Gasteiger partial charge in [0.25, 0.3) is 0 Å². The molecule has 1 unspecified atom stereocenters. The van der Waals surface area contributed by atoms with Crippen molar-refractivity contribution in [3.63, 3.8) is 0 Å². The molecule has 1 atom stereocenters. The molecule has 0 amide bonds. The van der Waals surface area contributed by atoms with Crippen LogP contribution in [0.25, 0.3) is 0 Å². The molecule has 66 valence electrons. The van der Waals surface area contributed by atoms with Gasteiger partial charge in [-0.2, -0.15) is 0 Å². The van der Waals surface area contributed by atoms with E-state index in [9.17, 15) is 0 Å². The van der Waals surface area contributed by atoms with Crippen molar-refractivity contribution < 1.29 is 4.74 Å². The van der Waals surface area contributed by atoms with Crippen LogP contribution in [0.1, 0.15) is 20.3 Å². The summed E-state index contributed by atoms with van der Waals surface area (Å²) in [4.78, 5) is 0. The zero-order valence-corrected chi connectivity index (χ0v) is 7.55. The van der Waals surface area contributed by atoms with Gasteiger partial charge in [0.05, 0.1) is 11.6 Å². The van der Waals surface area contributed by atoms with Crippen LogP contribution in [-0.4, -0.2) is 18.8 Å². The first kappa shape index (κ1) is 10.6. The molecular weight excluding hydrogens is 140 g/mol. The largest absolute Gasteiger partial charge is 0.377 e. The van der Waals surface area contributed by atoms with E-state index in [4.69, 9.17) is 10.6 Å². The predicted octanol–water partition coefficient (Wildman–Crippen LogP) is 0.819. The summed E-state index contributed by atoms with van der Waals surface area (Å²) >= 11 is 0. The van der Waals surface area contributed by atoms with Crippen LogP contribution in [0.2, 0.25) is 0 Å². The molecule has 0 saturated carbocycles. The molecule has 0 bridgehead atoms. The van der Waals surface area contributed by atoms with Gasteiger partial charge in [-0.25, -0.2) is 0 Å². The molecule has 0 saturated heterocycles. The molecular formula is C8H18N2O. The van der Waals surface area contributed by atoms with Crippen molar-refractivity contribution in [2.45, 2.75) is 31.9 Å². The average Bonchev–Trinajstić information content (AvgIpc) is 2.00. The smallest absolute Gasteiger partial charge is 0.0791 e. The Kier molecular flexibility index (Phi) is 4.33.